The molecule has 1 amide bonds. The molecule has 0 aromatic carbocycles. The molecule has 0 aliphatic carbocycles. The molecule has 6 heteroatoms. The Morgan fingerprint density at radius 3 is 2.27 bits per heavy atom. The quantitative estimate of drug-likeness (QED) is 0.605. The molecule has 0 radical (unpaired) electrons. The van der Waals surface area contributed by atoms with Crippen molar-refractivity contribution in [2.24, 2.45) is 5.92 Å². The lowest BCUT2D eigenvalue weighted by atomic mass is 9.97. The monoisotopic (exact) mass is 318 g/mol. The topological polar surface area (TPSA) is 79.8 Å². The maximum atomic E-state index is 11.9. The van der Waals surface area contributed by atoms with Crippen molar-refractivity contribution in [3.05, 3.63) is 0 Å². The number of alkyl carbamates (subject to hydrolysis) is 1. The standard InChI is InChI=1S/C16H34N2O4/c1-11(2)14(18-15(20)22-16(4,5)6)12(3)17-9-8-13(19)10-21-7/h11-14,17,19H,8-10H2,1-7H3,(H,18,20). The summed E-state index contributed by atoms with van der Waals surface area (Å²) in [5.74, 6) is 0.263. The van der Waals surface area contributed by atoms with Gasteiger partial charge in [0.1, 0.15) is 5.60 Å². The van der Waals surface area contributed by atoms with Crippen molar-refractivity contribution < 1.29 is 19.4 Å². The van der Waals surface area contributed by atoms with E-state index in [0.717, 1.165) is 0 Å². The first kappa shape index (κ1) is 21.1. The lowest BCUT2D eigenvalue weighted by Gasteiger charge is -2.30. The summed E-state index contributed by atoms with van der Waals surface area (Å²) in [4.78, 5) is 11.9. The molecule has 0 fully saturated rings. The van der Waals surface area contributed by atoms with Crippen molar-refractivity contribution >= 4 is 6.09 Å². The average molecular weight is 318 g/mol. The first-order valence-electron chi connectivity index (χ1n) is 7.96. The Hall–Kier alpha value is -0.850. The number of rotatable bonds is 9. The van der Waals surface area contributed by atoms with Crippen LogP contribution in [-0.2, 0) is 9.47 Å². The van der Waals surface area contributed by atoms with Gasteiger partial charge in [-0.05, 0) is 46.6 Å². The van der Waals surface area contributed by atoms with Crippen molar-refractivity contribution in [1.29, 1.82) is 0 Å². The Balaban J connectivity index is 4.34. The van der Waals surface area contributed by atoms with Gasteiger partial charge in [-0.3, -0.25) is 0 Å². The molecule has 6 nitrogen and oxygen atoms in total. The zero-order valence-corrected chi connectivity index (χ0v) is 15.1. The van der Waals surface area contributed by atoms with Crippen LogP contribution in [0.15, 0.2) is 0 Å². The van der Waals surface area contributed by atoms with Crippen LogP contribution in [-0.4, -0.2) is 55.2 Å². The molecule has 22 heavy (non-hydrogen) atoms. The molecule has 0 rings (SSSR count). The van der Waals surface area contributed by atoms with Gasteiger partial charge < -0.3 is 25.2 Å². The number of nitrogens with one attached hydrogen (secondary N) is 2. The highest BCUT2D eigenvalue weighted by atomic mass is 16.6. The second-order valence-electron chi connectivity index (χ2n) is 7.06. The van der Waals surface area contributed by atoms with Gasteiger partial charge in [0.05, 0.1) is 12.7 Å². The Morgan fingerprint density at radius 1 is 1.23 bits per heavy atom. The van der Waals surface area contributed by atoms with Crippen LogP contribution in [0.4, 0.5) is 4.79 Å². The summed E-state index contributed by atoms with van der Waals surface area (Å²) in [6, 6.07) is 0.0247. The van der Waals surface area contributed by atoms with Crippen LogP contribution in [0.2, 0.25) is 0 Å². The molecule has 3 N–H and O–H groups in total. The number of carbonyl (C=O) groups is 1. The highest BCUT2D eigenvalue weighted by Gasteiger charge is 2.25. The Bertz CT molecular complexity index is 316. The number of hydrogen-bond acceptors (Lipinski definition) is 5. The summed E-state index contributed by atoms with van der Waals surface area (Å²) in [5, 5.41) is 15.9. The first-order valence-corrected chi connectivity index (χ1v) is 7.96. The molecule has 0 heterocycles. The summed E-state index contributed by atoms with van der Waals surface area (Å²) < 4.78 is 10.2. The van der Waals surface area contributed by atoms with Gasteiger partial charge >= 0.3 is 6.09 Å². The number of carbonyl (C=O) groups excluding carboxylic acids is 1. The Kier molecular flexibility index (Phi) is 9.64. The predicted octanol–water partition coefficient (Wildman–Crippen LogP) is 1.91. The molecule has 0 saturated carbocycles. The van der Waals surface area contributed by atoms with E-state index in [1.54, 1.807) is 7.11 Å². The first-order chi connectivity index (χ1) is 10.1. The van der Waals surface area contributed by atoms with Crippen molar-refractivity contribution in [3.8, 4) is 0 Å². The smallest absolute Gasteiger partial charge is 0.407 e. The van der Waals surface area contributed by atoms with Gasteiger partial charge in [0.25, 0.3) is 0 Å². The average Bonchev–Trinajstić information content (AvgIpc) is 2.33. The number of amides is 1. The van der Waals surface area contributed by atoms with Crippen LogP contribution in [0, 0.1) is 5.92 Å². The largest absolute Gasteiger partial charge is 0.444 e. The highest BCUT2D eigenvalue weighted by Crippen LogP contribution is 2.11. The fourth-order valence-electron chi connectivity index (χ4n) is 2.19. The van der Waals surface area contributed by atoms with E-state index in [2.05, 4.69) is 24.5 Å². The third-order valence-corrected chi connectivity index (χ3v) is 3.24. The summed E-state index contributed by atoms with van der Waals surface area (Å²) in [6.07, 6.45) is -0.268. The maximum Gasteiger partial charge on any atom is 0.407 e. The van der Waals surface area contributed by atoms with E-state index in [1.165, 1.54) is 0 Å². The molecule has 0 aromatic heterocycles. The number of ether oxygens (including phenoxy) is 2. The number of methoxy groups -OCH3 is 1. The molecule has 3 unspecified atom stereocenters. The maximum absolute atomic E-state index is 11.9. The molecule has 0 spiro atoms. The van der Waals surface area contributed by atoms with E-state index in [1.807, 2.05) is 27.7 Å². The van der Waals surface area contributed by atoms with E-state index >= 15 is 0 Å². The number of aliphatic hydroxyl groups excluding tert-OH is 1. The van der Waals surface area contributed by atoms with Crippen molar-refractivity contribution in [2.45, 2.75) is 71.8 Å². The van der Waals surface area contributed by atoms with Crippen molar-refractivity contribution in [2.75, 3.05) is 20.3 Å². The molecule has 0 aromatic rings. The predicted molar refractivity (Wildman–Crippen MR) is 88.0 cm³/mol. The lowest BCUT2D eigenvalue weighted by Crippen LogP contribution is -2.52. The van der Waals surface area contributed by atoms with E-state index in [4.69, 9.17) is 9.47 Å². The van der Waals surface area contributed by atoms with E-state index in [9.17, 15) is 9.90 Å². The second-order valence-corrected chi connectivity index (χ2v) is 7.06. The molecule has 0 bridgehead atoms. The Morgan fingerprint density at radius 2 is 1.82 bits per heavy atom. The minimum atomic E-state index is -0.507. The van der Waals surface area contributed by atoms with Crippen LogP contribution in [0.25, 0.3) is 0 Å². The van der Waals surface area contributed by atoms with Crippen LogP contribution in [0.5, 0.6) is 0 Å². The van der Waals surface area contributed by atoms with Gasteiger partial charge in [-0.2, -0.15) is 0 Å². The summed E-state index contributed by atoms with van der Waals surface area (Å²) >= 11 is 0. The van der Waals surface area contributed by atoms with E-state index in [-0.39, 0.29) is 18.0 Å². The van der Waals surface area contributed by atoms with E-state index < -0.39 is 17.8 Å². The zero-order valence-electron chi connectivity index (χ0n) is 15.1. The normalized spacial score (nSPS) is 16.2. The van der Waals surface area contributed by atoms with Gasteiger partial charge in [0.15, 0.2) is 0 Å². The molecule has 3 atom stereocenters. The Labute approximate surface area is 134 Å². The van der Waals surface area contributed by atoms with Gasteiger partial charge in [0.2, 0.25) is 0 Å². The van der Waals surface area contributed by atoms with Crippen molar-refractivity contribution in [3.63, 3.8) is 0 Å². The molecular formula is C16H34N2O4. The molecule has 0 aliphatic heterocycles. The highest BCUT2D eigenvalue weighted by molar-refractivity contribution is 5.68. The third-order valence-electron chi connectivity index (χ3n) is 3.24. The van der Waals surface area contributed by atoms with Crippen LogP contribution in [0.3, 0.4) is 0 Å². The van der Waals surface area contributed by atoms with Crippen molar-refractivity contribution in [1.82, 2.24) is 10.6 Å². The second kappa shape index (κ2) is 10.0. The SMILES string of the molecule is COCC(O)CCNC(C)C(NC(=O)OC(C)(C)C)C(C)C. The van der Waals surface area contributed by atoms with Gasteiger partial charge in [-0.15, -0.1) is 0 Å². The summed E-state index contributed by atoms with van der Waals surface area (Å²) in [6.45, 7) is 12.6. The molecular weight excluding hydrogens is 284 g/mol. The molecule has 132 valence electrons. The van der Waals surface area contributed by atoms with Crippen LogP contribution >= 0.6 is 0 Å². The zero-order chi connectivity index (χ0) is 17.3. The third kappa shape index (κ3) is 9.97. The van der Waals surface area contributed by atoms with Crippen LogP contribution < -0.4 is 10.6 Å². The number of aliphatic hydroxyl groups is 1. The fourth-order valence-corrected chi connectivity index (χ4v) is 2.19. The molecule has 0 aliphatic rings. The fraction of sp³-hybridized carbons (Fsp3) is 0.938. The lowest BCUT2D eigenvalue weighted by molar-refractivity contribution is 0.0469. The number of hydrogen-bond donors (Lipinski definition) is 3. The minimum absolute atomic E-state index is 0.0468. The summed E-state index contributed by atoms with van der Waals surface area (Å²) in [5.41, 5.74) is -0.507. The van der Waals surface area contributed by atoms with E-state index in [0.29, 0.717) is 19.6 Å². The molecule has 0 saturated heterocycles. The van der Waals surface area contributed by atoms with Gasteiger partial charge in [-0.25, -0.2) is 4.79 Å². The van der Waals surface area contributed by atoms with Gasteiger partial charge in [-0.1, -0.05) is 13.8 Å². The summed E-state index contributed by atoms with van der Waals surface area (Å²) in [7, 11) is 1.57. The minimum Gasteiger partial charge on any atom is -0.444 e. The van der Waals surface area contributed by atoms with Crippen LogP contribution in [0.1, 0.15) is 48.0 Å². The van der Waals surface area contributed by atoms with Gasteiger partial charge in [0, 0.05) is 19.2 Å².